The van der Waals surface area contributed by atoms with Crippen LogP contribution in [-0.2, 0) is 12.8 Å². The van der Waals surface area contributed by atoms with E-state index >= 15 is 0 Å². The largest absolute Gasteiger partial charge is 0.508 e. The Morgan fingerprint density at radius 1 is 0.895 bits per heavy atom. The Labute approximate surface area is 114 Å². The van der Waals surface area contributed by atoms with E-state index in [0.717, 1.165) is 25.9 Å². The summed E-state index contributed by atoms with van der Waals surface area (Å²) in [5.74, 6) is 0.361. The quantitative estimate of drug-likeness (QED) is 0.878. The minimum Gasteiger partial charge on any atom is -0.508 e. The molecule has 0 saturated carbocycles. The Bertz CT molecular complexity index is 546. The lowest BCUT2D eigenvalue weighted by Crippen LogP contribution is -2.56. The third-order valence-electron chi connectivity index (χ3n) is 3.91. The minimum atomic E-state index is 0.301. The van der Waals surface area contributed by atoms with Gasteiger partial charge in [-0.2, -0.15) is 0 Å². The van der Waals surface area contributed by atoms with Gasteiger partial charge >= 0.3 is 0 Å². The summed E-state index contributed by atoms with van der Waals surface area (Å²) < 4.78 is 0. The molecule has 0 bridgehead atoms. The van der Waals surface area contributed by atoms with E-state index in [9.17, 15) is 5.11 Å². The van der Waals surface area contributed by atoms with Crippen LogP contribution in [0.25, 0.3) is 0 Å². The molecule has 0 spiro atoms. The molecule has 0 aromatic heterocycles. The van der Waals surface area contributed by atoms with Gasteiger partial charge in [-0.05, 0) is 36.1 Å². The Morgan fingerprint density at radius 3 is 2.21 bits per heavy atom. The normalized spacial score (nSPS) is 16.8. The topological polar surface area (TPSA) is 32.3 Å². The van der Waals surface area contributed by atoms with Crippen LogP contribution >= 0.6 is 0 Å². The highest BCUT2D eigenvalue weighted by Crippen LogP contribution is 2.32. The van der Waals surface area contributed by atoms with Gasteiger partial charge in [0.05, 0.1) is 0 Å². The van der Waals surface area contributed by atoms with Crippen LogP contribution in [0.1, 0.15) is 11.1 Å². The Morgan fingerprint density at radius 2 is 1.58 bits per heavy atom. The monoisotopic (exact) mass is 253 g/mol. The second kappa shape index (κ2) is 5.06. The van der Waals surface area contributed by atoms with Crippen molar-refractivity contribution in [2.45, 2.75) is 12.8 Å². The third-order valence-corrected chi connectivity index (χ3v) is 3.91. The van der Waals surface area contributed by atoms with Gasteiger partial charge in [-0.15, -0.1) is 0 Å². The molecule has 0 aliphatic carbocycles. The molecule has 1 aliphatic rings. The van der Waals surface area contributed by atoms with Crippen molar-refractivity contribution < 1.29 is 5.11 Å². The SMILES string of the molecule is Oc1cccc(CC2(Cc3ccccc3)CNC2)c1. The molecule has 0 unspecified atom stereocenters. The van der Waals surface area contributed by atoms with Gasteiger partial charge in [-0.3, -0.25) is 0 Å². The summed E-state index contributed by atoms with van der Waals surface area (Å²) >= 11 is 0. The smallest absolute Gasteiger partial charge is 0.115 e. The number of benzene rings is 2. The summed E-state index contributed by atoms with van der Waals surface area (Å²) in [5, 5.41) is 13.0. The number of phenols is 1. The van der Waals surface area contributed by atoms with Crippen LogP contribution in [0, 0.1) is 5.41 Å². The molecule has 2 aromatic rings. The van der Waals surface area contributed by atoms with E-state index in [-0.39, 0.29) is 0 Å². The van der Waals surface area contributed by atoms with Crippen LogP contribution in [0.15, 0.2) is 54.6 Å². The maximum absolute atomic E-state index is 9.57. The molecule has 0 radical (unpaired) electrons. The zero-order valence-corrected chi connectivity index (χ0v) is 11.0. The number of hydrogen-bond acceptors (Lipinski definition) is 2. The van der Waals surface area contributed by atoms with Crippen molar-refractivity contribution in [3.8, 4) is 5.75 Å². The predicted octanol–water partition coefficient (Wildman–Crippen LogP) is 2.77. The summed E-state index contributed by atoms with van der Waals surface area (Å²) in [5.41, 5.74) is 2.91. The van der Waals surface area contributed by atoms with Gasteiger partial charge in [0.1, 0.15) is 5.75 Å². The van der Waals surface area contributed by atoms with Crippen molar-refractivity contribution in [2.75, 3.05) is 13.1 Å². The molecule has 0 atom stereocenters. The van der Waals surface area contributed by atoms with E-state index in [0.29, 0.717) is 11.2 Å². The molecule has 1 saturated heterocycles. The first-order valence-electron chi connectivity index (χ1n) is 6.78. The fraction of sp³-hybridized carbons (Fsp3) is 0.294. The fourth-order valence-electron chi connectivity index (χ4n) is 2.92. The lowest BCUT2D eigenvalue weighted by atomic mass is 9.72. The van der Waals surface area contributed by atoms with Crippen LogP contribution in [0.2, 0.25) is 0 Å². The minimum absolute atomic E-state index is 0.301. The molecule has 19 heavy (non-hydrogen) atoms. The molecule has 3 rings (SSSR count). The van der Waals surface area contributed by atoms with Crippen molar-refractivity contribution in [3.05, 3.63) is 65.7 Å². The summed E-state index contributed by atoms with van der Waals surface area (Å²) in [4.78, 5) is 0. The van der Waals surface area contributed by atoms with Gasteiger partial charge in [-0.25, -0.2) is 0 Å². The molecule has 2 N–H and O–H groups in total. The molecule has 1 heterocycles. The molecule has 2 aromatic carbocycles. The first kappa shape index (κ1) is 12.2. The van der Waals surface area contributed by atoms with Gasteiger partial charge < -0.3 is 10.4 Å². The lowest BCUT2D eigenvalue weighted by molar-refractivity contribution is 0.166. The van der Waals surface area contributed by atoms with Crippen molar-refractivity contribution in [3.63, 3.8) is 0 Å². The zero-order chi connectivity index (χ0) is 13.1. The lowest BCUT2D eigenvalue weighted by Gasteiger charge is -2.43. The molecular weight excluding hydrogens is 234 g/mol. The van der Waals surface area contributed by atoms with Crippen molar-refractivity contribution >= 4 is 0 Å². The summed E-state index contributed by atoms with van der Waals surface area (Å²) in [6.45, 7) is 2.11. The summed E-state index contributed by atoms with van der Waals surface area (Å²) in [6, 6.07) is 18.3. The molecular formula is C17H19NO. The van der Waals surface area contributed by atoms with Crippen LogP contribution in [0.4, 0.5) is 0 Å². The van der Waals surface area contributed by atoms with Crippen molar-refractivity contribution in [1.29, 1.82) is 0 Å². The first-order valence-corrected chi connectivity index (χ1v) is 6.78. The zero-order valence-electron chi connectivity index (χ0n) is 11.0. The number of aromatic hydroxyl groups is 1. The number of phenolic OH excluding ortho intramolecular Hbond substituents is 1. The third kappa shape index (κ3) is 2.79. The molecule has 1 aliphatic heterocycles. The van der Waals surface area contributed by atoms with E-state index < -0.39 is 0 Å². The highest BCUT2D eigenvalue weighted by atomic mass is 16.3. The first-order chi connectivity index (χ1) is 9.26. The van der Waals surface area contributed by atoms with Gasteiger partial charge in [0, 0.05) is 18.5 Å². The Hall–Kier alpha value is -1.80. The Balaban J connectivity index is 1.76. The standard InChI is InChI=1S/C17H19NO/c19-16-8-4-7-15(9-16)11-17(12-18-13-17)10-14-5-2-1-3-6-14/h1-9,18-19H,10-13H2. The van der Waals surface area contributed by atoms with E-state index in [1.807, 2.05) is 12.1 Å². The molecule has 98 valence electrons. The maximum Gasteiger partial charge on any atom is 0.115 e. The van der Waals surface area contributed by atoms with Crippen LogP contribution in [0.5, 0.6) is 5.75 Å². The second-order valence-electron chi connectivity index (χ2n) is 5.61. The van der Waals surface area contributed by atoms with Crippen LogP contribution < -0.4 is 5.32 Å². The van der Waals surface area contributed by atoms with Crippen molar-refractivity contribution in [2.24, 2.45) is 5.41 Å². The molecule has 2 nitrogen and oxygen atoms in total. The van der Waals surface area contributed by atoms with Crippen LogP contribution in [-0.4, -0.2) is 18.2 Å². The Kier molecular flexibility index (Phi) is 3.26. The average molecular weight is 253 g/mol. The van der Waals surface area contributed by atoms with E-state index in [2.05, 4.69) is 41.7 Å². The molecule has 1 fully saturated rings. The van der Waals surface area contributed by atoms with Crippen LogP contribution in [0.3, 0.4) is 0 Å². The van der Waals surface area contributed by atoms with Gasteiger partial charge in [-0.1, -0.05) is 42.5 Å². The van der Waals surface area contributed by atoms with Crippen molar-refractivity contribution in [1.82, 2.24) is 5.32 Å². The number of rotatable bonds is 4. The van der Waals surface area contributed by atoms with E-state index in [1.165, 1.54) is 11.1 Å². The summed E-state index contributed by atoms with van der Waals surface area (Å²) in [6.07, 6.45) is 2.11. The molecule has 0 amide bonds. The van der Waals surface area contributed by atoms with Gasteiger partial charge in [0.25, 0.3) is 0 Å². The fourth-order valence-corrected chi connectivity index (χ4v) is 2.92. The average Bonchev–Trinajstić information content (AvgIpc) is 2.37. The highest BCUT2D eigenvalue weighted by Gasteiger charge is 2.36. The summed E-state index contributed by atoms with van der Waals surface area (Å²) in [7, 11) is 0. The predicted molar refractivity (Wildman–Crippen MR) is 77.3 cm³/mol. The number of hydrogen-bond donors (Lipinski definition) is 2. The maximum atomic E-state index is 9.57. The van der Waals surface area contributed by atoms with E-state index in [1.54, 1.807) is 6.07 Å². The van der Waals surface area contributed by atoms with Gasteiger partial charge in [0.15, 0.2) is 0 Å². The second-order valence-corrected chi connectivity index (χ2v) is 5.61. The molecule has 2 heteroatoms. The van der Waals surface area contributed by atoms with E-state index in [4.69, 9.17) is 0 Å². The number of nitrogens with one attached hydrogen (secondary N) is 1. The highest BCUT2D eigenvalue weighted by molar-refractivity contribution is 5.29. The van der Waals surface area contributed by atoms with Gasteiger partial charge in [0.2, 0.25) is 0 Å².